The van der Waals surface area contributed by atoms with Crippen LogP contribution in [0.25, 0.3) is 10.4 Å². The van der Waals surface area contributed by atoms with Crippen LogP contribution in [-0.4, -0.2) is 12.2 Å². The van der Waals surface area contributed by atoms with Crippen LogP contribution in [0.5, 0.6) is 5.75 Å². The molecule has 2 aromatic rings. The van der Waals surface area contributed by atoms with E-state index in [-0.39, 0.29) is 6.61 Å². The zero-order valence-corrected chi connectivity index (χ0v) is 11.1. The number of thiophene rings is 1. The number of aliphatic hydroxyl groups excluding tert-OH is 1. The quantitative estimate of drug-likeness (QED) is 0.900. The fourth-order valence-electron chi connectivity index (χ4n) is 1.76. The van der Waals surface area contributed by atoms with Gasteiger partial charge in [-0.25, -0.2) is 0 Å². The first-order valence-corrected chi connectivity index (χ1v) is 6.32. The number of aliphatic hydroxyl groups is 1. The van der Waals surface area contributed by atoms with Gasteiger partial charge >= 0.3 is 0 Å². The van der Waals surface area contributed by atoms with Gasteiger partial charge in [-0.3, -0.25) is 0 Å². The number of hydrogen-bond acceptors (Lipinski definition) is 3. The molecule has 1 aromatic carbocycles. The van der Waals surface area contributed by atoms with E-state index in [4.69, 9.17) is 9.84 Å². The van der Waals surface area contributed by atoms with E-state index in [0.717, 1.165) is 21.1 Å². The van der Waals surface area contributed by atoms with Crippen molar-refractivity contribution >= 4 is 11.3 Å². The van der Waals surface area contributed by atoms with Crippen LogP contribution in [-0.2, 0) is 6.61 Å². The second-order valence-corrected chi connectivity index (χ2v) is 5.23. The van der Waals surface area contributed by atoms with Crippen LogP contribution in [0.1, 0.15) is 16.0 Å². The fraction of sp³-hybridized carbons (Fsp3) is 0.286. The van der Waals surface area contributed by atoms with Crippen LogP contribution in [0.4, 0.5) is 0 Å². The maximum atomic E-state index is 9.10. The number of hydrogen-bond donors (Lipinski definition) is 1. The Bertz CT molecular complexity index is 529. The van der Waals surface area contributed by atoms with Gasteiger partial charge in [-0.05, 0) is 49.2 Å². The van der Waals surface area contributed by atoms with Crippen molar-refractivity contribution in [1.82, 2.24) is 0 Å². The van der Waals surface area contributed by atoms with Gasteiger partial charge in [0.1, 0.15) is 5.75 Å². The lowest BCUT2D eigenvalue weighted by Gasteiger charge is -2.10. The highest BCUT2D eigenvalue weighted by atomic mass is 32.1. The van der Waals surface area contributed by atoms with E-state index in [9.17, 15) is 0 Å². The van der Waals surface area contributed by atoms with Gasteiger partial charge in [-0.2, -0.15) is 0 Å². The molecule has 1 heterocycles. The van der Waals surface area contributed by atoms with Gasteiger partial charge in [0.05, 0.1) is 13.7 Å². The Labute approximate surface area is 105 Å². The standard InChI is InChI=1S/C14H16O2S/c1-9-6-12(13(16-3)7-10(9)2)14-5-4-11(8-15)17-14/h4-7,15H,8H2,1-3H3. The third-order valence-electron chi connectivity index (χ3n) is 2.90. The fourth-order valence-corrected chi connectivity index (χ4v) is 2.65. The molecule has 2 nitrogen and oxygen atoms in total. The third-order valence-corrected chi connectivity index (χ3v) is 4.00. The van der Waals surface area contributed by atoms with Gasteiger partial charge in [0.2, 0.25) is 0 Å². The van der Waals surface area contributed by atoms with E-state index in [1.165, 1.54) is 11.1 Å². The van der Waals surface area contributed by atoms with Crippen molar-refractivity contribution in [3.63, 3.8) is 0 Å². The number of benzene rings is 1. The van der Waals surface area contributed by atoms with Crippen LogP contribution >= 0.6 is 11.3 Å². The summed E-state index contributed by atoms with van der Waals surface area (Å²) in [5.74, 6) is 0.888. The monoisotopic (exact) mass is 248 g/mol. The molecule has 17 heavy (non-hydrogen) atoms. The van der Waals surface area contributed by atoms with Crippen LogP contribution in [0.3, 0.4) is 0 Å². The molecule has 0 radical (unpaired) electrons. The highest BCUT2D eigenvalue weighted by Gasteiger charge is 2.10. The van der Waals surface area contributed by atoms with E-state index in [1.54, 1.807) is 18.4 Å². The first kappa shape index (κ1) is 12.1. The molecule has 0 saturated heterocycles. The zero-order chi connectivity index (χ0) is 12.4. The van der Waals surface area contributed by atoms with Crippen molar-refractivity contribution in [2.75, 3.05) is 7.11 Å². The topological polar surface area (TPSA) is 29.5 Å². The summed E-state index contributed by atoms with van der Waals surface area (Å²) in [5, 5.41) is 9.10. The lowest BCUT2D eigenvalue weighted by Crippen LogP contribution is -1.90. The largest absolute Gasteiger partial charge is 0.496 e. The highest BCUT2D eigenvalue weighted by molar-refractivity contribution is 7.15. The first-order valence-electron chi connectivity index (χ1n) is 5.51. The first-order chi connectivity index (χ1) is 8.15. The summed E-state index contributed by atoms with van der Waals surface area (Å²) in [4.78, 5) is 2.11. The molecule has 0 saturated carbocycles. The molecule has 1 N–H and O–H groups in total. The van der Waals surface area contributed by atoms with Crippen molar-refractivity contribution in [2.24, 2.45) is 0 Å². The minimum Gasteiger partial charge on any atom is -0.496 e. The summed E-state index contributed by atoms with van der Waals surface area (Å²) in [6.07, 6.45) is 0. The summed E-state index contributed by atoms with van der Waals surface area (Å²) in [5.41, 5.74) is 3.57. The lowest BCUT2D eigenvalue weighted by molar-refractivity contribution is 0.285. The van der Waals surface area contributed by atoms with E-state index in [0.29, 0.717) is 0 Å². The van der Waals surface area contributed by atoms with Crippen molar-refractivity contribution in [3.05, 3.63) is 40.3 Å². The number of ether oxygens (including phenoxy) is 1. The Morgan fingerprint density at radius 3 is 2.47 bits per heavy atom. The van der Waals surface area contributed by atoms with Crippen molar-refractivity contribution in [3.8, 4) is 16.2 Å². The van der Waals surface area contributed by atoms with Crippen LogP contribution in [0.15, 0.2) is 24.3 Å². The average molecular weight is 248 g/mol. The Balaban J connectivity index is 2.53. The Hall–Kier alpha value is -1.32. The van der Waals surface area contributed by atoms with E-state index in [1.807, 2.05) is 12.1 Å². The second-order valence-electron chi connectivity index (χ2n) is 4.06. The Morgan fingerprint density at radius 2 is 1.88 bits per heavy atom. The zero-order valence-electron chi connectivity index (χ0n) is 10.3. The predicted octanol–water partition coefficient (Wildman–Crippen LogP) is 3.53. The van der Waals surface area contributed by atoms with Gasteiger partial charge in [-0.15, -0.1) is 11.3 Å². The van der Waals surface area contributed by atoms with Gasteiger partial charge < -0.3 is 9.84 Å². The smallest absolute Gasteiger partial charge is 0.127 e. The highest BCUT2D eigenvalue weighted by Crippen LogP contribution is 2.36. The molecule has 0 atom stereocenters. The molecule has 0 bridgehead atoms. The lowest BCUT2D eigenvalue weighted by atomic mass is 10.0. The summed E-state index contributed by atoms with van der Waals surface area (Å²) in [7, 11) is 1.69. The molecular weight excluding hydrogens is 232 g/mol. The number of methoxy groups -OCH3 is 1. The molecule has 0 amide bonds. The van der Waals surface area contributed by atoms with Crippen LogP contribution in [0.2, 0.25) is 0 Å². The summed E-state index contributed by atoms with van der Waals surface area (Å²) >= 11 is 1.60. The molecule has 0 aliphatic rings. The average Bonchev–Trinajstić information content (AvgIpc) is 2.80. The van der Waals surface area contributed by atoms with Crippen LogP contribution < -0.4 is 4.74 Å². The third kappa shape index (κ3) is 2.35. The van der Waals surface area contributed by atoms with Gasteiger partial charge in [0.15, 0.2) is 0 Å². The van der Waals surface area contributed by atoms with Gasteiger partial charge in [0.25, 0.3) is 0 Å². The summed E-state index contributed by atoms with van der Waals surface area (Å²) < 4.78 is 5.42. The SMILES string of the molecule is COc1cc(C)c(C)cc1-c1ccc(CO)s1. The predicted molar refractivity (Wildman–Crippen MR) is 71.7 cm³/mol. The van der Waals surface area contributed by atoms with Crippen molar-refractivity contribution in [1.29, 1.82) is 0 Å². The number of aryl methyl sites for hydroxylation is 2. The molecule has 2 rings (SSSR count). The van der Waals surface area contributed by atoms with E-state index < -0.39 is 0 Å². The van der Waals surface area contributed by atoms with Crippen molar-refractivity contribution < 1.29 is 9.84 Å². The molecular formula is C14H16O2S. The molecule has 1 aromatic heterocycles. The second kappa shape index (κ2) is 4.90. The molecule has 0 aliphatic carbocycles. The molecule has 0 aliphatic heterocycles. The molecule has 90 valence electrons. The van der Waals surface area contributed by atoms with Gasteiger partial charge in [0, 0.05) is 15.3 Å². The maximum absolute atomic E-state index is 9.10. The van der Waals surface area contributed by atoms with E-state index in [2.05, 4.69) is 26.0 Å². The Morgan fingerprint density at radius 1 is 1.18 bits per heavy atom. The minimum absolute atomic E-state index is 0.0951. The van der Waals surface area contributed by atoms with Crippen LogP contribution in [0, 0.1) is 13.8 Å². The summed E-state index contributed by atoms with van der Waals surface area (Å²) in [6.45, 7) is 4.27. The molecule has 3 heteroatoms. The van der Waals surface area contributed by atoms with E-state index >= 15 is 0 Å². The normalized spacial score (nSPS) is 10.6. The Kier molecular flexibility index (Phi) is 3.50. The molecule has 0 fully saturated rings. The molecule has 0 unspecified atom stereocenters. The minimum atomic E-state index is 0.0951. The molecule has 0 spiro atoms. The van der Waals surface area contributed by atoms with Crippen molar-refractivity contribution in [2.45, 2.75) is 20.5 Å². The summed E-state index contributed by atoms with van der Waals surface area (Å²) in [6, 6.07) is 8.18. The maximum Gasteiger partial charge on any atom is 0.127 e. The number of rotatable bonds is 3. The van der Waals surface area contributed by atoms with Gasteiger partial charge in [-0.1, -0.05) is 0 Å².